The Kier molecular flexibility index (Phi) is 6.76. The third-order valence-corrected chi connectivity index (χ3v) is 4.06. The second kappa shape index (κ2) is 9.66. The van der Waals surface area contributed by atoms with Crippen LogP contribution in [0.15, 0.2) is 65.2 Å². The average Bonchev–Trinajstić information content (AvgIpc) is 3.20. The minimum atomic E-state index is -0.835. The Hall–Kier alpha value is -3.45. The van der Waals surface area contributed by atoms with Crippen molar-refractivity contribution < 1.29 is 18.8 Å². The van der Waals surface area contributed by atoms with Gasteiger partial charge in [-0.1, -0.05) is 59.2 Å². The largest absolute Gasteiger partial charge is 0.454 e. The highest BCUT2D eigenvalue weighted by Gasteiger charge is 2.18. The molecule has 0 saturated carbocycles. The van der Waals surface area contributed by atoms with E-state index in [0.29, 0.717) is 16.4 Å². The van der Waals surface area contributed by atoms with E-state index in [9.17, 15) is 9.59 Å². The van der Waals surface area contributed by atoms with E-state index in [1.807, 2.05) is 30.3 Å². The maximum Gasteiger partial charge on any atom is 0.328 e. The molecule has 0 radical (unpaired) electrons. The van der Waals surface area contributed by atoms with Crippen molar-refractivity contribution >= 4 is 29.6 Å². The number of nitrogens with one attached hydrogen (secondary N) is 1. The summed E-state index contributed by atoms with van der Waals surface area (Å²) in [5.41, 5.74) is 1.56. The number of amides is 1. The summed E-state index contributed by atoms with van der Waals surface area (Å²) in [4.78, 5) is 28.2. The second-order valence-corrected chi connectivity index (χ2v) is 6.54. The van der Waals surface area contributed by atoms with Gasteiger partial charge in [0.15, 0.2) is 6.61 Å². The van der Waals surface area contributed by atoms with Gasteiger partial charge in [-0.25, -0.2) is 4.79 Å². The van der Waals surface area contributed by atoms with Crippen LogP contribution in [0, 0.1) is 0 Å². The lowest BCUT2D eigenvalue weighted by Gasteiger charge is -2.10. The zero-order valence-electron chi connectivity index (χ0n) is 15.5. The molecule has 0 aliphatic carbocycles. The zero-order chi connectivity index (χ0) is 20.6. The Balaban J connectivity index is 1.49. The van der Waals surface area contributed by atoms with Crippen molar-refractivity contribution in [2.75, 3.05) is 0 Å². The predicted molar refractivity (Wildman–Crippen MR) is 108 cm³/mol. The molecule has 0 aliphatic rings. The van der Waals surface area contributed by atoms with Gasteiger partial charge >= 0.3 is 5.97 Å². The molecular weight excluding hydrogens is 394 g/mol. The first-order valence-corrected chi connectivity index (χ1v) is 9.18. The van der Waals surface area contributed by atoms with Crippen LogP contribution in [-0.4, -0.2) is 28.1 Å². The van der Waals surface area contributed by atoms with Gasteiger partial charge < -0.3 is 14.6 Å². The van der Waals surface area contributed by atoms with Crippen molar-refractivity contribution in [3.63, 3.8) is 0 Å². The summed E-state index contributed by atoms with van der Waals surface area (Å²) in [7, 11) is 0. The topological polar surface area (TPSA) is 94.3 Å². The van der Waals surface area contributed by atoms with Crippen LogP contribution < -0.4 is 5.32 Å². The van der Waals surface area contributed by atoms with Crippen LogP contribution >= 0.6 is 11.6 Å². The molecule has 29 heavy (non-hydrogen) atoms. The van der Waals surface area contributed by atoms with E-state index in [1.54, 1.807) is 30.3 Å². The van der Waals surface area contributed by atoms with Crippen molar-refractivity contribution in [3.05, 3.63) is 77.2 Å². The minimum absolute atomic E-state index is 0.135. The summed E-state index contributed by atoms with van der Waals surface area (Å²) < 4.78 is 10.2. The number of nitrogens with zero attached hydrogens (tertiary/aromatic N) is 2. The van der Waals surface area contributed by atoms with Crippen molar-refractivity contribution in [2.24, 2.45) is 0 Å². The molecule has 0 fully saturated rings. The van der Waals surface area contributed by atoms with Gasteiger partial charge in [-0.05, 0) is 30.7 Å². The molecular formula is C21H18ClN3O4. The van der Waals surface area contributed by atoms with Crippen molar-refractivity contribution in [2.45, 2.75) is 19.6 Å². The smallest absolute Gasteiger partial charge is 0.328 e. The summed E-state index contributed by atoms with van der Waals surface area (Å²) in [6.07, 6.45) is 3.01. The highest BCUT2D eigenvalue weighted by Crippen LogP contribution is 2.20. The number of hydrogen-bond donors (Lipinski definition) is 1. The fourth-order valence-corrected chi connectivity index (χ4v) is 2.56. The van der Waals surface area contributed by atoms with Gasteiger partial charge in [-0.15, -0.1) is 0 Å². The lowest BCUT2D eigenvalue weighted by Crippen LogP contribution is -2.38. The zero-order valence-corrected chi connectivity index (χ0v) is 16.3. The number of esters is 1. The Bertz CT molecular complexity index is 1020. The molecule has 1 atom stereocenters. The summed E-state index contributed by atoms with van der Waals surface area (Å²) in [6.45, 7) is 1.33. The minimum Gasteiger partial charge on any atom is -0.454 e. The van der Waals surface area contributed by atoms with Gasteiger partial charge in [-0.2, -0.15) is 4.98 Å². The normalized spacial score (nSPS) is 11.9. The average molecular weight is 412 g/mol. The molecule has 1 amide bonds. The Labute approximate surface area is 172 Å². The number of hydrogen-bond acceptors (Lipinski definition) is 6. The molecule has 0 saturated heterocycles. The number of carbonyl (C=O) groups is 2. The molecule has 0 unspecified atom stereocenters. The Morgan fingerprint density at radius 1 is 1.21 bits per heavy atom. The highest BCUT2D eigenvalue weighted by atomic mass is 35.5. The first kappa shape index (κ1) is 20.3. The molecule has 3 aromatic rings. The molecule has 8 heteroatoms. The summed E-state index contributed by atoms with van der Waals surface area (Å²) in [5.74, 6) is -0.546. The van der Waals surface area contributed by atoms with Gasteiger partial charge in [0.25, 0.3) is 5.89 Å². The van der Waals surface area contributed by atoms with E-state index >= 15 is 0 Å². The molecule has 2 aromatic carbocycles. The van der Waals surface area contributed by atoms with Crippen LogP contribution in [-0.2, 0) is 20.9 Å². The van der Waals surface area contributed by atoms with E-state index < -0.39 is 17.9 Å². The van der Waals surface area contributed by atoms with E-state index in [4.69, 9.17) is 20.9 Å². The summed E-state index contributed by atoms with van der Waals surface area (Å²) in [6, 6.07) is 15.5. The number of halogens is 1. The Morgan fingerprint density at radius 3 is 2.76 bits per heavy atom. The van der Waals surface area contributed by atoms with E-state index in [1.165, 1.54) is 13.0 Å². The van der Waals surface area contributed by atoms with Crippen LogP contribution in [0.2, 0.25) is 5.02 Å². The molecule has 1 N–H and O–H groups in total. The lowest BCUT2D eigenvalue weighted by molar-refractivity contribution is -0.149. The molecule has 1 aromatic heterocycles. The molecule has 0 spiro atoms. The number of aromatic nitrogens is 2. The highest BCUT2D eigenvalue weighted by molar-refractivity contribution is 6.30. The van der Waals surface area contributed by atoms with Crippen LogP contribution in [0.5, 0.6) is 0 Å². The maximum absolute atomic E-state index is 12.1. The predicted octanol–water partition coefficient (Wildman–Crippen LogP) is 3.65. The third-order valence-electron chi connectivity index (χ3n) is 3.83. The van der Waals surface area contributed by atoms with Crippen LogP contribution in [0.1, 0.15) is 18.4 Å². The van der Waals surface area contributed by atoms with Gasteiger partial charge in [0, 0.05) is 16.7 Å². The monoisotopic (exact) mass is 411 g/mol. The fourth-order valence-electron chi connectivity index (χ4n) is 2.37. The molecule has 0 bridgehead atoms. The van der Waals surface area contributed by atoms with Crippen molar-refractivity contribution in [1.82, 2.24) is 15.5 Å². The van der Waals surface area contributed by atoms with Crippen LogP contribution in [0.4, 0.5) is 0 Å². The number of benzene rings is 2. The van der Waals surface area contributed by atoms with Crippen LogP contribution in [0.25, 0.3) is 17.5 Å². The van der Waals surface area contributed by atoms with Gasteiger partial charge in [0.1, 0.15) is 6.04 Å². The van der Waals surface area contributed by atoms with Gasteiger partial charge in [-0.3, -0.25) is 4.79 Å². The number of rotatable bonds is 7. The lowest BCUT2D eigenvalue weighted by atomic mass is 10.2. The molecule has 0 aliphatic heterocycles. The SMILES string of the molecule is C[C@H](NC(=O)/C=C/c1ccccc1)C(=O)OCc1nc(-c2cccc(Cl)c2)no1. The quantitative estimate of drug-likeness (QED) is 0.471. The first-order chi connectivity index (χ1) is 14.0. The summed E-state index contributed by atoms with van der Waals surface area (Å²) >= 11 is 5.94. The van der Waals surface area contributed by atoms with Gasteiger partial charge in [0.05, 0.1) is 0 Å². The first-order valence-electron chi connectivity index (χ1n) is 8.80. The molecule has 1 heterocycles. The molecule has 7 nitrogen and oxygen atoms in total. The standard InChI is InChI=1S/C21H18ClN3O4/c1-14(23-18(26)11-10-15-6-3-2-4-7-15)21(27)28-13-19-24-20(25-29-19)16-8-5-9-17(22)12-16/h2-12,14H,13H2,1H3,(H,23,26)/b11-10+/t14-/m0/s1. The van der Waals surface area contributed by atoms with Crippen molar-refractivity contribution in [3.8, 4) is 11.4 Å². The second-order valence-electron chi connectivity index (χ2n) is 6.10. The molecule has 148 valence electrons. The van der Waals surface area contributed by atoms with E-state index in [2.05, 4.69) is 15.5 Å². The van der Waals surface area contributed by atoms with Gasteiger partial charge in [0.2, 0.25) is 11.7 Å². The summed E-state index contributed by atoms with van der Waals surface area (Å²) in [5, 5.41) is 6.93. The Morgan fingerprint density at radius 2 is 2.00 bits per heavy atom. The van der Waals surface area contributed by atoms with Crippen LogP contribution in [0.3, 0.4) is 0 Å². The fraction of sp³-hybridized carbons (Fsp3) is 0.143. The number of carbonyl (C=O) groups excluding carboxylic acids is 2. The number of ether oxygens (including phenoxy) is 1. The third kappa shape index (κ3) is 6.02. The van der Waals surface area contributed by atoms with Crippen molar-refractivity contribution in [1.29, 1.82) is 0 Å². The molecule has 3 rings (SSSR count). The van der Waals surface area contributed by atoms with E-state index in [0.717, 1.165) is 5.56 Å². The van der Waals surface area contributed by atoms with E-state index in [-0.39, 0.29) is 12.5 Å². The maximum atomic E-state index is 12.1.